The first-order valence-corrected chi connectivity index (χ1v) is 4.33. The molecule has 0 amide bonds. The lowest BCUT2D eigenvalue weighted by Crippen LogP contribution is -2.36. The van der Waals surface area contributed by atoms with E-state index in [0.29, 0.717) is 0 Å². The maximum atomic E-state index is 12.2. The molecule has 1 aromatic rings. The van der Waals surface area contributed by atoms with E-state index in [4.69, 9.17) is 5.11 Å². The Kier molecular flexibility index (Phi) is 3.41. The Labute approximate surface area is 88.9 Å². The summed E-state index contributed by atoms with van der Waals surface area (Å²) in [5.74, 6) is -4.14. The van der Waals surface area contributed by atoms with Crippen molar-refractivity contribution in [2.45, 2.75) is 6.18 Å². The zero-order chi connectivity index (χ0) is 12.3. The predicted octanol–water partition coefficient (Wildman–Crippen LogP) is 1.10. The molecule has 0 bridgehead atoms. The molecule has 0 aliphatic carbocycles. The Balaban J connectivity index is 2.61. The summed E-state index contributed by atoms with van der Waals surface area (Å²) in [6, 6.07) is 1.45. The molecule has 1 rings (SSSR count). The van der Waals surface area contributed by atoms with E-state index in [2.05, 4.69) is 10.4 Å². The first-order chi connectivity index (χ1) is 7.30. The van der Waals surface area contributed by atoms with Crippen LogP contribution in [0.4, 0.5) is 19.0 Å². The number of carboxylic acids is 1. The summed E-state index contributed by atoms with van der Waals surface area (Å²) in [6.45, 7) is -0.740. The van der Waals surface area contributed by atoms with Crippen LogP contribution in [-0.4, -0.2) is 33.6 Å². The monoisotopic (exact) mass is 237 g/mol. The molecular formula is C8H10F3N3O2. The summed E-state index contributed by atoms with van der Waals surface area (Å²) in [5.41, 5.74) is 0. The molecule has 1 aromatic heterocycles. The second kappa shape index (κ2) is 4.42. The maximum absolute atomic E-state index is 12.2. The van der Waals surface area contributed by atoms with E-state index in [-0.39, 0.29) is 5.82 Å². The number of halogens is 3. The van der Waals surface area contributed by atoms with Gasteiger partial charge in [-0.1, -0.05) is 0 Å². The minimum Gasteiger partial charge on any atom is -0.481 e. The number of aliphatic carboxylic acids is 1. The smallest absolute Gasteiger partial charge is 0.403 e. The average molecular weight is 237 g/mol. The molecule has 1 atom stereocenters. The molecule has 16 heavy (non-hydrogen) atoms. The summed E-state index contributed by atoms with van der Waals surface area (Å²) in [7, 11) is 1.60. The molecule has 5 nitrogen and oxygen atoms in total. The fraction of sp³-hybridized carbons (Fsp3) is 0.500. The lowest BCUT2D eigenvalue weighted by atomic mass is 10.1. The molecular weight excluding hydrogens is 227 g/mol. The van der Waals surface area contributed by atoms with E-state index in [1.54, 1.807) is 7.05 Å². The van der Waals surface area contributed by atoms with Crippen LogP contribution >= 0.6 is 0 Å². The van der Waals surface area contributed by atoms with Gasteiger partial charge in [0.1, 0.15) is 5.82 Å². The SMILES string of the molecule is Cn1ccc(NCC(C(=O)O)C(F)(F)F)n1. The number of carboxylic acid groups (broad SMARTS) is 1. The van der Waals surface area contributed by atoms with Gasteiger partial charge in [-0.3, -0.25) is 9.48 Å². The van der Waals surface area contributed by atoms with Gasteiger partial charge in [0.05, 0.1) is 0 Å². The molecule has 0 aliphatic heterocycles. The van der Waals surface area contributed by atoms with Gasteiger partial charge >= 0.3 is 12.1 Å². The summed E-state index contributed by atoms with van der Waals surface area (Å²) in [5, 5.41) is 14.5. The minimum atomic E-state index is -4.77. The average Bonchev–Trinajstić information content (AvgIpc) is 2.48. The minimum absolute atomic E-state index is 0.206. The van der Waals surface area contributed by atoms with Gasteiger partial charge in [0.25, 0.3) is 0 Å². The Morgan fingerprint density at radius 3 is 2.69 bits per heavy atom. The quantitative estimate of drug-likeness (QED) is 0.822. The number of nitrogens with zero attached hydrogens (tertiary/aromatic N) is 2. The second-order valence-electron chi connectivity index (χ2n) is 3.19. The standard InChI is InChI=1S/C8H10F3N3O2/c1-14-3-2-6(13-14)12-4-5(7(15)16)8(9,10)11/h2-3,5H,4H2,1H3,(H,12,13)(H,15,16). The number of anilines is 1. The largest absolute Gasteiger partial charge is 0.481 e. The number of alkyl halides is 3. The van der Waals surface area contributed by atoms with Gasteiger partial charge in [-0.05, 0) is 0 Å². The second-order valence-corrected chi connectivity index (χ2v) is 3.19. The Bertz CT molecular complexity index is 375. The highest BCUT2D eigenvalue weighted by Crippen LogP contribution is 2.26. The van der Waals surface area contributed by atoms with Crippen LogP contribution in [0.15, 0.2) is 12.3 Å². The number of hydrogen-bond donors (Lipinski definition) is 2. The van der Waals surface area contributed by atoms with E-state index >= 15 is 0 Å². The summed E-state index contributed by atoms with van der Waals surface area (Å²) in [4.78, 5) is 10.4. The molecule has 0 saturated heterocycles. The van der Waals surface area contributed by atoms with Crippen LogP contribution < -0.4 is 5.32 Å². The summed E-state index contributed by atoms with van der Waals surface area (Å²) >= 11 is 0. The van der Waals surface area contributed by atoms with E-state index in [0.717, 1.165) is 0 Å². The lowest BCUT2D eigenvalue weighted by molar-refractivity contribution is -0.190. The van der Waals surface area contributed by atoms with Gasteiger partial charge in [-0.15, -0.1) is 0 Å². The third-order valence-electron chi connectivity index (χ3n) is 1.89. The van der Waals surface area contributed by atoms with Gasteiger partial charge in [0.15, 0.2) is 5.92 Å². The van der Waals surface area contributed by atoms with Crippen molar-refractivity contribution in [3.63, 3.8) is 0 Å². The molecule has 0 saturated carbocycles. The van der Waals surface area contributed by atoms with Crippen LogP contribution in [0.25, 0.3) is 0 Å². The van der Waals surface area contributed by atoms with E-state index < -0.39 is 24.6 Å². The van der Waals surface area contributed by atoms with Crippen LogP contribution in [0.2, 0.25) is 0 Å². The topological polar surface area (TPSA) is 67.2 Å². The number of rotatable bonds is 4. The van der Waals surface area contributed by atoms with Gasteiger partial charge in [-0.25, -0.2) is 0 Å². The van der Waals surface area contributed by atoms with Gasteiger partial charge < -0.3 is 10.4 Å². The Hall–Kier alpha value is -1.73. The predicted molar refractivity (Wildman–Crippen MR) is 48.9 cm³/mol. The highest BCUT2D eigenvalue weighted by atomic mass is 19.4. The van der Waals surface area contributed by atoms with Crippen molar-refractivity contribution in [1.29, 1.82) is 0 Å². The molecule has 1 heterocycles. The van der Waals surface area contributed by atoms with E-state index in [1.165, 1.54) is 16.9 Å². The summed E-state index contributed by atoms with van der Waals surface area (Å²) in [6.07, 6.45) is -3.24. The highest BCUT2D eigenvalue weighted by molar-refractivity contribution is 5.71. The number of aromatic nitrogens is 2. The van der Waals surface area contributed by atoms with E-state index in [9.17, 15) is 18.0 Å². The van der Waals surface area contributed by atoms with E-state index in [1.807, 2.05) is 0 Å². The van der Waals surface area contributed by atoms with Crippen molar-refractivity contribution >= 4 is 11.8 Å². The number of nitrogens with one attached hydrogen (secondary N) is 1. The van der Waals surface area contributed by atoms with Crippen LogP contribution in [0.5, 0.6) is 0 Å². The molecule has 0 spiro atoms. The van der Waals surface area contributed by atoms with Gasteiger partial charge in [-0.2, -0.15) is 18.3 Å². The zero-order valence-electron chi connectivity index (χ0n) is 8.32. The van der Waals surface area contributed by atoms with Crippen molar-refractivity contribution in [2.75, 3.05) is 11.9 Å². The fourth-order valence-electron chi connectivity index (χ4n) is 1.06. The van der Waals surface area contributed by atoms with Crippen molar-refractivity contribution in [2.24, 2.45) is 13.0 Å². The lowest BCUT2D eigenvalue weighted by Gasteiger charge is -2.16. The third kappa shape index (κ3) is 3.14. The van der Waals surface area contributed by atoms with Crippen molar-refractivity contribution < 1.29 is 23.1 Å². The Morgan fingerprint density at radius 1 is 1.69 bits per heavy atom. The molecule has 8 heteroatoms. The molecule has 90 valence electrons. The first-order valence-electron chi connectivity index (χ1n) is 4.33. The van der Waals surface area contributed by atoms with Crippen LogP contribution in [0, 0.1) is 5.92 Å². The first kappa shape index (κ1) is 12.3. The molecule has 0 radical (unpaired) electrons. The highest BCUT2D eigenvalue weighted by Gasteiger charge is 2.44. The number of aryl methyl sites for hydroxylation is 1. The van der Waals surface area contributed by atoms with Crippen molar-refractivity contribution in [1.82, 2.24) is 9.78 Å². The van der Waals surface area contributed by atoms with Gasteiger partial charge in [0, 0.05) is 25.9 Å². The molecule has 0 aliphatic rings. The summed E-state index contributed by atoms with van der Waals surface area (Å²) < 4.78 is 38.1. The fourth-order valence-corrected chi connectivity index (χ4v) is 1.06. The number of carbonyl (C=O) groups is 1. The van der Waals surface area contributed by atoms with Crippen LogP contribution in [0.3, 0.4) is 0 Å². The zero-order valence-corrected chi connectivity index (χ0v) is 8.32. The molecule has 0 aromatic carbocycles. The van der Waals surface area contributed by atoms with Gasteiger partial charge in [0.2, 0.25) is 0 Å². The number of hydrogen-bond acceptors (Lipinski definition) is 3. The molecule has 0 fully saturated rings. The third-order valence-corrected chi connectivity index (χ3v) is 1.89. The van der Waals surface area contributed by atoms with Crippen molar-refractivity contribution in [3.8, 4) is 0 Å². The normalized spacial score (nSPS) is 13.5. The molecule has 2 N–H and O–H groups in total. The Morgan fingerprint density at radius 2 is 2.31 bits per heavy atom. The molecule has 1 unspecified atom stereocenters. The maximum Gasteiger partial charge on any atom is 0.403 e. The van der Waals surface area contributed by atoms with Crippen LogP contribution in [0.1, 0.15) is 0 Å². The van der Waals surface area contributed by atoms with Crippen LogP contribution in [-0.2, 0) is 11.8 Å². The van der Waals surface area contributed by atoms with Crippen molar-refractivity contribution in [3.05, 3.63) is 12.3 Å².